The zero-order valence-electron chi connectivity index (χ0n) is 11.2. The zero-order chi connectivity index (χ0) is 14.1. The summed E-state index contributed by atoms with van der Waals surface area (Å²) in [6, 6.07) is 0. The third-order valence-electron chi connectivity index (χ3n) is 2.60. The Kier molecular flexibility index (Phi) is 3.81. The van der Waals surface area contributed by atoms with Gasteiger partial charge in [0, 0.05) is 10.8 Å². The molecule has 0 saturated heterocycles. The Labute approximate surface area is 110 Å². The normalized spacial score (nSPS) is 12.3. The van der Waals surface area contributed by atoms with Crippen molar-refractivity contribution in [2.45, 2.75) is 40.0 Å². The summed E-state index contributed by atoms with van der Waals surface area (Å²) in [6.07, 6.45) is 0. The van der Waals surface area contributed by atoms with Crippen molar-refractivity contribution in [2.24, 2.45) is 5.41 Å². The Hall–Kier alpha value is -1.43. The summed E-state index contributed by atoms with van der Waals surface area (Å²) in [4.78, 5) is 27.0. The molecule has 5 nitrogen and oxygen atoms in total. The molecule has 0 atom stereocenters. The van der Waals surface area contributed by atoms with Gasteiger partial charge in [-0.25, -0.2) is 4.98 Å². The molecule has 0 aromatic carbocycles. The predicted molar refractivity (Wildman–Crippen MR) is 70.9 cm³/mol. The van der Waals surface area contributed by atoms with E-state index in [0.717, 1.165) is 5.69 Å². The lowest BCUT2D eigenvalue weighted by Crippen LogP contribution is -2.37. The molecule has 100 valence electrons. The van der Waals surface area contributed by atoms with E-state index in [1.807, 2.05) is 26.2 Å². The zero-order valence-corrected chi connectivity index (χ0v) is 12.0. The maximum atomic E-state index is 11.8. The molecular weight excluding hydrogens is 252 g/mol. The number of anilines is 1. The van der Waals surface area contributed by atoms with E-state index in [1.165, 1.54) is 25.2 Å². The van der Waals surface area contributed by atoms with Crippen LogP contribution in [0.15, 0.2) is 5.38 Å². The van der Waals surface area contributed by atoms with Crippen LogP contribution >= 0.6 is 11.3 Å². The number of carboxylic acid groups (broad SMARTS) is 1. The first-order valence-electron chi connectivity index (χ1n) is 5.56. The van der Waals surface area contributed by atoms with E-state index in [-0.39, 0.29) is 5.41 Å². The van der Waals surface area contributed by atoms with E-state index >= 15 is 0 Å². The van der Waals surface area contributed by atoms with Crippen molar-refractivity contribution < 1.29 is 14.7 Å². The van der Waals surface area contributed by atoms with Crippen LogP contribution in [0.3, 0.4) is 0 Å². The molecule has 0 spiro atoms. The number of carboxylic acids is 1. The monoisotopic (exact) mass is 270 g/mol. The third-order valence-corrected chi connectivity index (χ3v) is 3.35. The van der Waals surface area contributed by atoms with Crippen molar-refractivity contribution >= 4 is 28.3 Å². The second-order valence-electron chi connectivity index (χ2n) is 5.67. The van der Waals surface area contributed by atoms with E-state index in [9.17, 15) is 9.59 Å². The summed E-state index contributed by atoms with van der Waals surface area (Å²) < 4.78 is 0. The first-order valence-corrected chi connectivity index (χ1v) is 6.44. The minimum Gasteiger partial charge on any atom is -0.480 e. The standard InChI is InChI=1S/C12H18N2O3S/c1-11(2,3)7-6-18-10(13-7)14-8(15)12(4,5)9(16)17/h6H,1-5H3,(H,16,17)(H,13,14,15). The summed E-state index contributed by atoms with van der Waals surface area (Å²) in [5.41, 5.74) is -0.689. The fourth-order valence-corrected chi connectivity index (χ4v) is 1.96. The molecular formula is C12H18N2O3S. The van der Waals surface area contributed by atoms with Gasteiger partial charge in [0.2, 0.25) is 5.91 Å². The lowest BCUT2D eigenvalue weighted by molar-refractivity contribution is -0.151. The van der Waals surface area contributed by atoms with E-state index < -0.39 is 17.3 Å². The highest BCUT2D eigenvalue weighted by molar-refractivity contribution is 7.14. The summed E-state index contributed by atoms with van der Waals surface area (Å²) >= 11 is 1.30. The van der Waals surface area contributed by atoms with Crippen molar-refractivity contribution in [2.75, 3.05) is 5.32 Å². The maximum absolute atomic E-state index is 11.8. The van der Waals surface area contributed by atoms with Crippen molar-refractivity contribution in [3.8, 4) is 0 Å². The van der Waals surface area contributed by atoms with Crippen LogP contribution in [0.2, 0.25) is 0 Å². The lowest BCUT2D eigenvalue weighted by Gasteiger charge is -2.17. The molecule has 2 N–H and O–H groups in total. The van der Waals surface area contributed by atoms with Crippen LogP contribution < -0.4 is 5.32 Å². The van der Waals surface area contributed by atoms with E-state index in [2.05, 4.69) is 10.3 Å². The van der Waals surface area contributed by atoms with Crippen molar-refractivity contribution in [1.29, 1.82) is 0 Å². The minimum atomic E-state index is -1.46. The topological polar surface area (TPSA) is 79.3 Å². The molecule has 0 radical (unpaired) electrons. The average Bonchev–Trinajstić information content (AvgIpc) is 2.65. The summed E-state index contributed by atoms with van der Waals surface area (Å²) in [5.74, 6) is -1.72. The van der Waals surface area contributed by atoms with E-state index in [0.29, 0.717) is 5.13 Å². The highest BCUT2D eigenvalue weighted by Crippen LogP contribution is 2.27. The maximum Gasteiger partial charge on any atom is 0.318 e. The molecule has 1 aromatic rings. The molecule has 1 rings (SSSR count). The number of hydrogen-bond donors (Lipinski definition) is 2. The fourth-order valence-electron chi connectivity index (χ4n) is 1.03. The molecule has 1 amide bonds. The first kappa shape index (κ1) is 14.6. The van der Waals surface area contributed by atoms with Gasteiger partial charge in [0.05, 0.1) is 5.69 Å². The highest BCUT2D eigenvalue weighted by atomic mass is 32.1. The van der Waals surface area contributed by atoms with Crippen LogP contribution in [-0.2, 0) is 15.0 Å². The lowest BCUT2D eigenvalue weighted by atomic mass is 9.93. The Bertz CT molecular complexity index is 472. The van der Waals surface area contributed by atoms with Crippen molar-refractivity contribution in [3.63, 3.8) is 0 Å². The molecule has 0 aliphatic carbocycles. The summed E-state index contributed by atoms with van der Waals surface area (Å²) in [7, 11) is 0. The number of carbonyl (C=O) groups excluding carboxylic acids is 1. The Balaban J connectivity index is 2.84. The fraction of sp³-hybridized carbons (Fsp3) is 0.583. The number of nitrogens with one attached hydrogen (secondary N) is 1. The highest BCUT2D eigenvalue weighted by Gasteiger charge is 2.36. The molecule has 1 aromatic heterocycles. The Morgan fingerprint density at radius 2 is 1.83 bits per heavy atom. The Morgan fingerprint density at radius 3 is 2.22 bits per heavy atom. The molecule has 6 heteroatoms. The smallest absolute Gasteiger partial charge is 0.318 e. The number of rotatable bonds is 3. The first-order chi connectivity index (χ1) is 8.05. The molecule has 0 unspecified atom stereocenters. The molecule has 0 aliphatic heterocycles. The number of nitrogens with zero attached hydrogens (tertiary/aromatic N) is 1. The van der Waals surface area contributed by atoms with Gasteiger partial charge in [0.25, 0.3) is 0 Å². The van der Waals surface area contributed by atoms with Gasteiger partial charge in [-0.15, -0.1) is 11.3 Å². The summed E-state index contributed by atoms with van der Waals surface area (Å²) in [6.45, 7) is 8.80. The van der Waals surface area contributed by atoms with Gasteiger partial charge in [0.15, 0.2) is 5.13 Å². The third kappa shape index (κ3) is 3.07. The van der Waals surface area contributed by atoms with Gasteiger partial charge in [-0.1, -0.05) is 20.8 Å². The minimum absolute atomic E-state index is 0.0954. The SMILES string of the molecule is CC(C)(C(=O)O)C(=O)Nc1nc(C(C)(C)C)cs1. The van der Waals surface area contributed by atoms with E-state index in [1.54, 1.807) is 0 Å². The molecule has 0 bridgehead atoms. The molecule has 18 heavy (non-hydrogen) atoms. The second-order valence-corrected chi connectivity index (χ2v) is 6.53. The molecule has 0 fully saturated rings. The van der Waals surface area contributed by atoms with Gasteiger partial charge in [0.1, 0.15) is 5.41 Å². The average molecular weight is 270 g/mol. The summed E-state index contributed by atoms with van der Waals surface area (Å²) in [5, 5.41) is 13.8. The largest absolute Gasteiger partial charge is 0.480 e. The van der Waals surface area contributed by atoms with Crippen LogP contribution in [0.4, 0.5) is 5.13 Å². The quantitative estimate of drug-likeness (QED) is 0.827. The van der Waals surface area contributed by atoms with Crippen molar-refractivity contribution in [3.05, 3.63) is 11.1 Å². The number of hydrogen-bond acceptors (Lipinski definition) is 4. The van der Waals surface area contributed by atoms with Crippen LogP contribution in [-0.4, -0.2) is 22.0 Å². The van der Waals surface area contributed by atoms with Gasteiger partial charge in [-0.2, -0.15) is 0 Å². The van der Waals surface area contributed by atoms with Crippen LogP contribution in [0, 0.1) is 5.41 Å². The van der Waals surface area contributed by atoms with Crippen LogP contribution in [0.5, 0.6) is 0 Å². The number of thiazole rings is 1. The number of carbonyl (C=O) groups is 2. The molecule has 1 heterocycles. The van der Waals surface area contributed by atoms with Gasteiger partial charge in [-0.05, 0) is 13.8 Å². The molecule has 0 aliphatic rings. The molecule has 0 saturated carbocycles. The van der Waals surface area contributed by atoms with Gasteiger partial charge in [-0.3, -0.25) is 9.59 Å². The van der Waals surface area contributed by atoms with Gasteiger partial charge >= 0.3 is 5.97 Å². The van der Waals surface area contributed by atoms with E-state index in [4.69, 9.17) is 5.11 Å². The number of aliphatic carboxylic acids is 1. The number of aromatic nitrogens is 1. The number of amides is 1. The van der Waals surface area contributed by atoms with Crippen molar-refractivity contribution in [1.82, 2.24) is 4.98 Å². The Morgan fingerprint density at radius 1 is 1.28 bits per heavy atom. The van der Waals surface area contributed by atoms with Gasteiger partial charge < -0.3 is 10.4 Å². The second kappa shape index (κ2) is 4.68. The van der Waals surface area contributed by atoms with Crippen LogP contribution in [0.25, 0.3) is 0 Å². The van der Waals surface area contributed by atoms with Crippen LogP contribution in [0.1, 0.15) is 40.3 Å². The predicted octanol–water partition coefficient (Wildman–Crippen LogP) is 2.49.